The zero-order valence-electron chi connectivity index (χ0n) is 15.8. The van der Waals surface area contributed by atoms with Crippen molar-refractivity contribution in [3.05, 3.63) is 29.3 Å². The number of hydrogen-bond donors (Lipinski definition) is 2. The molecule has 0 spiro atoms. The number of amides is 1. The Morgan fingerprint density at radius 2 is 1.85 bits per heavy atom. The first-order chi connectivity index (χ1) is 12.4. The van der Waals surface area contributed by atoms with Crippen molar-refractivity contribution in [3.63, 3.8) is 0 Å². The summed E-state index contributed by atoms with van der Waals surface area (Å²) in [5.74, 6) is 0.398. The van der Waals surface area contributed by atoms with Crippen molar-refractivity contribution in [2.24, 2.45) is 11.7 Å². The van der Waals surface area contributed by atoms with Gasteiger partial charge in [0.15, 0.2) is 0 Å². The first kappa shape index (κ1) is 22.1. The van der Waals surface area contributed by atoms with Gasteiger partial charge in [-0.25, -0.2) is 13.1 Å². The topological polar surface area (TPSA) is 92.5 Å². The van der Waals surface area contributed by atoms with E-state index in [1.165, 1.54) is 0 Å². The molecule has 8 heteroatoms. The van der Waals surface area contributed by atoms with Crippen LogP contribution < -0.4 is 10.5 Å². The Morgan fingerprint density at radius 3 is 2.44 bits per heavy atom. The van der Waals surface area contributed by atoms with E-state index in [1.807, 2.05) is 11.0 Å². The third kappa shape index (κ3) is 5.22. The van der Waals surface area contributed by atoms with Crippen molar-refractivity contribution in [3.8, 4) is 0 Å². The molecule has 1 aromatic rings. The Balaban J connectivity index is 0.00000261. The first-order valence-corrected chi connectivity index (χ1v) is 11.0. The van der Waals surface area contributed by atoms with Gasteiger partial charge in [-0.3, -0.25) is 4.79 Å². The van der Waals surface area contributed by atoms with E-state index in [0.717, 1.165) is 43.2 Å². The van der Waals surface area contributed by atoms with Crippen LogP contribution in [0.2, 0.25) is 0 Å². The second kappa shape index (κ2) is 9.37. The summed E-state index contributed by atoms with van der Waals surface area (Å²) >= 11 is 0. The van der Waals surface area contributed by atoms with E-state index >= 15 is 0 Å². The minimum absolute atomic E-state index is 0. The van der Waals surface area contributed by atoms with Gasteiger partial charge in [-0.1, -0.05) is 18.9 Å². The molecule has 1 heterocycles. The van der Waals surface area contributed by atoms with E-state index in [1.54, 1.807) is 19.1 Å². The highest BCUT2D eigenvalue weighted by Crippen LogP contribution is 2.28. The van der Waals surface area contributed by atoms with Crippen molar-refractivity contribution in [2.45, 2.75) is 56.4 Å². The van der Waals surface area contributed by atoms with Crippen molar-refractivity contribution in [1.29, 1.82) is 0 Å². The molecule has 27 heavy (non-hydrogen) atoms. The monoisotopic (exact) mass is 415 g/mol. The molecule has 152 valence electrons. The summed E-state index contributed by atoms with van der Waals surface area (Å²) in [6.07, 6.45) is 5.81. The van der Waals surface area contributed by atoms with Crippen LogP contribution in [-0.2, 0) is 27.7 Å². The normalized spacial score (nSPS) is 19.1. The molecule has 1 amide bonds. The number of nitrogens with one attached hydrogen (secondary N) is 1. The fourth-order valence-electron chi connectivity index (χ4n) is 4.15. The van der Waals surface area contributed by atoms with Crippen LogP contribution in [0.25, 0.3) is 0 Å². The fraction of sp³-hybridized carbons (Fsp3) is 0.632. The molecule has 1 aliphatic heterocycles. The summed E-state index contributed by atoms with van der Waals surface area (Å²) in [6.45, 7) is 3.21. The van der Waals surface area contributed by atoms with E-state index in [2.05, 4.69) is 4.72 Å². The Labute approximate surface area is 168 Å². The van der Waals surface area contributed by atoms with Crippen LogP contribution >= 0.6 is 12.4 Å². The van der Waals surface area contributed by atoms with E-state index < -0.39 is 10.0 Å². The van der Waals surface area contributed by atoms with Crippen molar-refractivity contribution in [1.82, 2.24) is 9.62 Å². The van der Waals surface area contributed by atoms with E-state index in [4.69, 9.17) is 5.73 Å². The maximum atomic E-state index is 12.9. The number of rotatable bonds is 5. The highest BCUT2D eigenvalue weighted by atomic mass is 35.5. The van der Waals surface area contributed by atoms with E-state index in [-0.39, 0.29) is 24.4 Å². The lowest BCUT2D eigenvalue weighted by molar-refractivity contribution is -0.128. The Morgan fingerprint density at radius 1 is 1.22 bits per heavy atom. The molecule has 0 bridgehead atoms. The Hall–Kier alpha value is -1.15. The van der Waals surface area contributed by atoms with Crippen LogP contribution in [0.1, 0.15) is 43.7 Å². The van der Waals surface area contributed by atoms with Crippen LogP contribution in [0.5, 0.6) is 0 Å². The molecule has 6 nitrogen and oxygen atoms in total. The number of fused-ring (bicyclic) bond motifs is 1. The number of nitrogens with two attached hydrogens (primary N) is 1. The maximum absolute atomic E-state index is 12.9. The van der Waals surface area contributed by atoms with E-state index in [0.29, 0.717) is 36.9 Å². The smallest absolute Gasteiger partial charge is 0.240 e. The van der Waals surface area contributed by atoms with Crippen LogP contribution in [-0.4, -0.2) is 44.9 Å². The highest BCUT2D eigenvalue weighted by molar-refractivity contribution is 7.89. The first-order valence-electron chi connectivity index (χ1n) is 9.50. The highest BCUT2D eigenvalue weighted by Gasteiger charge is 2.29. The zero-order chi connectivity index (χ0) is 18.7. The molecule has 0 aromatic heterocycles. The quantitative estimate of drug-likeness (QED) is 0.767. The molecular weight excluding hydrogens is 386 g/mol. The minimum atomic E-state index is -3.59. The average molecular weight is 416 g/mol. The second-order valence-electron chi connectivity index (χ2n) is 7.44. The van der Waals surface area contributed by atoms with Crippen molar-refractivity contribution < 1.29 is 13.2 Å². The Kier molecular flexibility index (Phi) is 7.68. The molecular formula is C19H30ClN3O3S. The van der Waals surface area contributed by atoms with Gasteiger partial charge < -0.3 is 10.6 Å². The molecule has 0 radical (unpaired) electrons. The van der Waals surface area contributed by atoms with Crippen LogP contribution in [0, 0.1) is 5.92 Å². The predicted octanol–water partition coefficient (Wildman–Crippen LogP) is 1.85. The molecule has 1 atom stereocenters. The Bertz CT molecular complexity index is 763. The number of halogens is 1. The number of carbonyl (C=O) groups excluding carboxylic acids is 1. The van der Waals surface area contributed by atoms with Gasteiger partial charge in [-0.05, 0) is 54.9 Å². The summed E-state index contributed by atoms with van der Waals surface area (Å²) in [7, 11) is -3.59. The predicted molar refractivity (Wildman–Crippen MR) is 108 cm³/mol. The second-order valence-corrected chi connectivity index (χ2v) is 9.16. The fourth-order valence-corrected chi connectivity index (χ4v) is 5.52. The number of nitrogens with zero attached hydrogens (tertiary/aromatic N) is 1. The largest absolute Gasteiger partial charge is 0.342 e. The van der Waals surface area contributed by atoms with Gasteiger partial charge in [0.25, 0.3) is 0 Å². The van der Waals surface area contributed by atoms with Gasteiger partial charge >= 0.3 is 0 Å². The van der Waals surface area contributed by atoms with E-state index in [9.17, 15) is 13.2 Å². The lowest BCUT2D eigenvalue weighted by atomic mass is 9.99. The minimum Gasteiger partial charge on any atom is -0.342 e. The summed E-state index contributed by atoms with van der Waals surface area (Å²) in [5, 5.41) is 0. The maximum Gasteiger partial charge on any atom is 0.240 e. The summed E-state index contributed by atoms with van der Waals surface area (Å²) in [5.41, 5.74) is 7.99. The SMILES string of the molecule is CC(=O)N1CCc2ccc(S(=O)(=O)NC(CN)C3CCCC3)cc2CC1.Cl. The molecule has 2 aliphatic rings. The summed E-state index contributed by atoms with van der Waals surface area (Å²) in [6, 6.07) is 5.13. The van der Waals surface area contributed by atoms with Gasteiger partial charge in [-0.2, -0.15) is 0 Å². The molecule has 1 aromatic carbocycles. The number of carbonyl (C=O) groups is 1. The lowest BCUT2D eigenvalue weighted by Gasteiger charge is -2.23. The third-order valence-electron chi connectivity index (χ3n) is 5.76. The molecule has 1 unspecified atom stereocenters. The molecule has 3 rings (SSSR count). The van der Waals surface area contributed by atoms with Crippen LogP contribution in [0.15, 0.2) is 23.1 Å². The van der Waals surface area contributed by atoms with Gasteiger partial charge in [0.2, 0.25) is 15.9 Å². The molecule has 1 aliphatic carbocycles. The lowest BCUT2D eigenvalue weighted by Crippen LogP contribution is -2.44. The van der Waals surface area contributed by atoms with Crippen LogP contribution in [0.4, 0.5) is 0 Å². The molecule has 3 N–H and O–H groups in total. The number of sulfonamides is 1. The van der Waals surface area contributed by atoms with Gasteiger partial charge in [0.05, 0.1) is 4.90 Å². The third-order valence-corrected chi connectivity index (χ3v) is 7.25. The van der Waals surface area contributed by atoms with Crippen LogP contribution in [0.3, 0.4) is 0 Å². The van der Waals surface area contributed by atoms with Crippen molar-refractivity contribution >= 4 is 28.3 Å². The van der Waals surface area contributed by atoms with Crippen molar-refractivity contribution in [2.75, 3.05) is 19.6 Å². The number of hydrogen-bond acceptors (Lipinski definition) is 4. The molecule has 1 saturated carbocycles. The van der Waals surface area contributed by atoms with Gasteiger partial charge in [0, 0.05) is 32.6 Å². The summed E-state index contributed by atoms with van der Waals surface area (Å²) in [4.78, 5) is 13.7. The number of benzene rings is 1. The molecule has 1 fully saturated rings. The summed E-state index contributed by atoms with van der Waals surface area (Å²) < 4.78 is 28.6. The standard InChI is InChI=1S/C19H29N3O3S.ClH/c1-14(23)22-10-8-15-6-7-18(12-17(15)9-11-22)26(24,25)21-19(13-20)16-4-2-3-5-16;/h6-7,12,16,19,21H,2-5,8-11,13,20H2,1H3;1H. The molecule has 0 saturated heterocycles. The van der Waals surface area contributed by atoms with Gasteiger partial charge in [0.1, 0.15) is 0 Å². The average Bonchev–Trinajstić information content (AvgIpc) is 3.05. The zero-order valence-corrected chi connectivity index (χ0v) is 17.4. The van der Waals surface area contributed by atoms with Gasteiger partial charge in [-0.15, -0.1) is 12.4 Å².